The Balaban J connectivity index is 2.43. The van der Waals surface area contributed by atoms with Crippen LogP contribution in [0.2, 0.25) is 0 Å². The van der Waals surface area contributed by atoms with Crippen molar-refractivity contribution < 1.29 is 0 Å². The van der Waals surface area contributed by atoms with Crippen molar-refractivity contribution in [2.45, 2.75) is 19.3 Å². The molecule has 0 amide bonds. The van der Waals surface area contributed by atoms with Gasteiger partial charge in [-0.3, -0.25) is 0 Å². The minimum Gasteiger partial charge on any atom is -0.0879 e. The van der Waals surface area contributed by atoms with Crippen LogP contribution in [0.3, 0.4) is 0 Å². The van der Waals surface area contributed by atoms with Gasteiger partial charge in [0.05, 0.1) is 0 Å². The van der Waals surface area contributed by atoms with Crippen molar-refractivity contribution >= 4 is 0 Å². The highest BCUT2D eigenvalue weighted by atomic mass is 13.8. The van der Waals surface area contributed by atoms with Crippen LogP contribution in [0.4, 0.5) is 0 Å². The number of hydrogen-bond donors (Lipinski definition) is 0. The topological polar surface area (TPSA) is 0 Å². The monoisotopic (exact) mass is 120 g/mol. The molecule has 0 aromatic heterocycles. The summed E-state index contributed by atoms with van der Waals surface area (Å²) in [6.45, 7) is 0. The SMILES string of the molecule is C1=CCC/C=C\C=C/C1. The normalized spacial score (nSPS) is 25.8. The first-order valence-corrected chi connectivity index (χ1v) is 3.47. The molecule has 0 nitrogen and oxygen atoms in total. The summed E-state index contributed by atoms with van der Waals surface area (Å²) in [6, 6.07) is 0. The molecule has 0 fully saturated rings. The predicted molar refractivity (Wildman–Crippen MR) is 41.3 cm³/mol. The van der Waals surface area contributed by atoms with E-state index in [1.807, 2.05) is 0 Å². The van der Waals surface area contributed by atoms with Crippen molar-refractivity contribution in [3.05, 3.63) is 36.5 Å². The lowest BCUT2D eigenvalue weighted by Crippen LogP contribution is -1.61. The molecule has 0 saturated heterocycles. The van der Waals surface area contributed by atoms with Crippen LogP contribution in [0.5, 0.6) is 0 Å². The van der Waals surface area contributed by atoms with E-state index in [9.17, 15) is 0 Å². The summed E-state index contributed by atoms with van der Waals surface area (Å²) < 4.78 is 0. The molecule has 9 heavy (non-hydrogen) atoms. The molecule has 0 saturated carbocycles. The Hall–Kier alpha value is -0.780. The van der Waals surface area contributed by atoms with Gasteiger partial charge in [-0.1, -0.05) is 36.5 Å². The molecule has 48 valence electrons. The average Bonchev–Trinajstić information content (AvgIpc) is 2.00. The third-order valence-corrected chi connectivity index (χ3v) is 1.32. The van der Waals surface area contributed by atoms with E-state index in [-0.39, 0.29) is 0 Å². The summed E-state index contributed by atoms with van der Waals surface area (Å²) in [5, 5.41) is 0. The molecule has 1 aliphatic rings. The minimum absolute atomic E-state index is 1.09. The van der Waals surface area contributed by atoms with Crippen molar-refractivity contribution in [1.29, 1.82) is 0 Å². The third-order valence-electron chi connectivity index (χ3n) is 1.32. The summed E-state index contributed by atoms with van der Waals surface area (Å²) in [5.74, 6) is 0. The lowest BCUT2D eigenvalue weighted by molar-refractivity contribution is 1.05. The highest BCUT2D eigenvalue weighted by Gasteiger charge is 1.77. The van der Waals surface area contributed by atoms with Crippen molar-refractivity contribution in [2.24, 2.45) is 0 Å². The zero-order valence-corrected chi connectivity index (χ0v) is 5.59. The van der Waals surface area contributed by atoms with E-state index in [2.05, 4.69) is 36.5 Å². The van der Waals surface area contributed by atoms with Gasteiger partial charge in [0.25, 0.3) is 0 Å². The lowest BCUT2D eigenvalue weighted by Gasteiger charge is -1.81. The zero-order valence-electron chi connectivity index (χ0n) is 5.59. The zero-order chi connectivity index (χ0) is 6.36. The maximum atomic E-state index is 2.24. The Labute approximate surface area is 56.6 Å². The molecule has 0 unspecified atom stereocenters. The van der Waals surface area contributed by atoms with Gasteiger partial charge in [0.1, 0.15) is 0 Å². The minimum atomic E-state index is 1.09. The van der Waals surface area contributed by atoms with Crippen molar-refractivity contribution in [3.63, 3.8) is 0 Å². The molecule has 1 rings (SSSR count). The van der Waals surface area contributed by atoms with Gasteiger partial charge in [0, 0.05) is 0 Å². The Kier molecular flexibility index (Phi) is 2.91. The van der Waals surface area contributed by atoms with Crippen LogP contribution < -0.4 is 0 Å². The van der Waals surface area contributed by atoms with Gasteiger partial charge in [-0.05, 0) is 19.3 Å². The predicted octanol–water partition coefficient (Wildman–Crippen LogP) is 2.84. The lowest BCUT2D eigenvalue weighted by atomic mass is 10.3. The smallest absolute Gasteiger partial charge is 0.0166 e. The fourth-order valence-electron chi connectivity index (χ4n) is 0.817. The first kappa shape index (κ1) is 6.34. The molecule has 0 heterocycles. The fraction of sp³-hybridized carbons (Fsp3) is 0.333. The van der Waals surface area contributed by atoms with E-state index in [0.717, 1.165) is 6.42 Å². The van der Waals surface area contributed by atoms with Gasteiger partial charge in [0.2, 0.25) is 0 Å². The summed E-state index contributed by atoms with van der Waals surface area (Å²) >= 11 is 0. The van der Waals surface area contributed by atoms with E-state index < -0.39 is 0 Å². The van der Waals surface area contributed by atoms with E-state index in [0.29, 0.717) is 0 Å². The molecule has 0 bridgehead atoms. The summed E-state index contributed by atoms with van der Waals surface area (Å²) in [5.41, 5.74) is 0. The maximum Gasteiger partial charge on any atom is -0.0166 e. The fourth-order valence-corrected chi connectivity index (χ4v) is 0.817. The molecule has 0 aliphatic heterocycles. The molecular weight excluding hydrogens is 108 g/mol. The van der Waals surface area contributed by atoms with Crippen LogP contribution in [-0.4, -0.2) is 0 Å². The number of rotatable bonds is 0. The van der Waals surface area contributed by atoms with E-state index in [1.165, 1.54) is 12.8 Å². The van der Waals surface area contributed by atoms with Gasteiger partial charge in [-0.2, -0.15) is 0 Å². The molecular formula is C9H12. The second-order valence-corrected chi connectivity index (χ2v) is 2.14. The highest BCUT2D eigenvalue weighted by Crippen LogP contribution is 1.98. The first-order chi connectivity index (χ1) is 4.50. The van der Waals surface area contributed by atoms with E-state index in [1.54, 1.807) is 0 Å². The molecule has 0 aromatic rings. The quantitative estimate of drug-likeness (QED) is 0.431. The summed E-state index contributed by atoms with van der Waals surface area (Å²) in [4.78, 5) is 0. The van der Waals surface area contributed by atoms with Gasteiger partial charge in [-0.25, -0.2) is 0 Å². The highest BCUT2D eigenvalue weighted by molar-refractivity contribution is 5.06. The van der Waals surface area contributed by atoms with Crippen molar-refractivity contribution in [1.82, 2.24) is 0 Å². The van der Waals surface area contributed by atoms with Crippen molar-refractivity contribution in [3.8, 4) is 0 Å². The van der Waals surface area contributed by atoms with E-state index >= 15 is 0 Å². The Morgan fingerprint density at radius 1 is 0.667 bits per heavy atom. The van der Waals surface area contributed by atoms with Crippen LogP contribution in [0.1, 0.15) is 19.3 Å². The number of hydrogen-bond acceptors (Lipinski definition) is 0. The Morgan fingerprint density at radius 3 is 2.44 bits per heavy atom. The third kappa shape index (κ3) is 2.91. The molecule has 0 aromatic carbocycles. The molecule has 1 aliphatic carbocycles. The average molecular weight is 120 g/mol. The van der Waals surface area contributed by atoms with Crippen LogP contribution in [0.15, 0.2) is 36.5 Å². The van der Waals surface area contributed by atoms with Gasteiger partial charge >= 0.3 is 0 Å². The summed E-state index contributed by atoms with van der Waals surface area (Å²) in [6.07, 6.45) is 16.5. The standard InChI is InChI=1S/C9H12/c1-2-4-6-8-9-7-5-3-1/h1-4,7,9H,5-6,8H2/b3-1-,4-2-,9-7?. The molecule has 0 N–H and O–H groups in total. The van der Waals surface area contributed by atoms with Crippen LogP contribution in [0, 0.1) is 0 Å². The summed E-state index contributed by atoms with van der Waals surface area (Å²) in [7, 11) is 0. The Morgan fingerprint density at radius 2 is 1.44 bits per heavy atom. The van der Waals surface area contributed by atoms with Crippen molar-refractivity contribution in [2.75, 3.05) is 0 Å². The van der Waals surface area contributed by atoms with Crippen LogP contribution in [0.25, 0.3) is 0 Å². The Bertz CT molecular complexity index is 138. The maximum absolute atomic E-state index is 2.24. The van der Waals surface area contributed by atoms with Crippen LogP contribution in [-0.2, 0) is 0 Å². The molecule has 0 spiro atoms. The van der Waals surface area contributed by atoms with E-state index in [4.69, 9.17) is 0 Å². The largest absolute Gasteiger partial charge is 0.0879 e. The number of allylic oxidation sites excluding steroid dienone is 6. The van der Waals surface area contributed by atoms with Gasteiger partial charge in [-0.15, -0.1) is 0 Å². The second kappa shape index (κ2) is 4.13. The molecule has 0 heteroatoms. The molecule has 0 radical (unpaired) electrons. The van der Waals surface area contributed by atoms with Gasteiger partial charge in [0.15, 0.2) is 0 Å². The second-order valence-electron chi connectivity index (χ2n) is 2.14. The van der Waals surface area contributed by atoms with Crippen LogP contribution >= 0.6 is 0 Å². The van der Waals surface area contributed by atoms with Gasteiger partial charge < -0.3 is 0 Å². The first-order valence-electron chi connectivity index (χ1n) is 3.47. The molecule has 0 atom stereocenters.